The van der Waals surface area contributed by atoms with Crippen molar-refractivity contribution in [2.24, 2.45) is 0 Å². The van der Waals surface area contributed by atoms with Crippen LogP contribution in [0.25, 0.3) is 0 Å². The Hall–Kier alpha value is -2.12. The molecule has 0 aromatic rings. The third-order valence-electron chi connectivity index (χ3n) is 3.05. The van der Waals surface area contributed by atoms with E-state index in [0.717, 1.165) is 4.90 Å². The summed E-state index contributed by atoms with van der Waals surface area (Å²) in [6.45, 7) is -0.0449. The van der Waals surface area contributed by atoms with Crippen LogP contribution in [0, 0.1) is 0 Å². The maximum atomic E-state index is 11.9. The fraction of sp³-hybridized carbons (Fsp3) is 0.600. The van der Waals surface area contributed by atoms with Crippen molar-refractivity contribution in [2.45, 2.75) is 18.9 Å². The first-order valence-corrected chi connectivity index (χ1v) is 5.60. The molecule has 2 aliphatic heterocycles. The smallest absolute Gasteiger partial charge is 0.326 e. The number of aliphatic carboxylic acids is 1. The molecule has 2 heterocycles. The Bertz CT molecular complexity index is 422. The Morgan fingerprint density at radius 2 is 2.11 bits per heavy atom. The Balaban J connectivity index is 1.97. The third kappa shape index (κ3) is 2.27. The summed E-state index contributed by atoms with van der Waals surface area (Å²) in [6, 6.07) is -1.43. The summed E-state index contributed by atoms with van der Waals surface area (Å²) in [7, 11) is 0. The number of urea groups is 1. The molecule has 2 rings (SSSR count). The predicted molar refractivity (Wildman–Crippen MR) is 57.5 cm³/mol. The quantitative estimate of drug-likeness (QED) is 0.604. The lowest BCUT2D eigenvalue weighted by Crippen LogP contribution is -2.46. The van der Waals surface area contributed by atoms with Crippen molar-refractivity contribution in [3.05, 3.63) is 0 Å². The van der Waals surface area contributed by atoms with Gasteiger partial charge < -0.3 is 14.9 Å². The van der Waals surface area contributed by atoms with E-state index in [0.29, 0.717) is 19.4 Å². The fourth-order valence-corrected chi connectivity index (χ4v) is 2.19. The molecule has 2 N–H and O–H groups in total. The molecular weight excluding hydrogens is 242 g/mol. The SMILES string of the molecule is O=C1CN(CC(=O)N2CCC[C@H]2C(=O)O)C(=O)N1. The standard InChI is InChI=1S/C10H13N3O5/c14-7-4-12(10(18)11-7)5-8(15)13-3-1-2-6(13)9(16)17/h6H,1-5H2,(H,16,17)(H,11,14,18)/t6-/m0/s1. The van der Waals surface area contributed by atoms with E-state index in [2.05, 4.69) is 5.32 Å². The molecule has 8 heteroatoms. The summed E-state index contributed by atoms with van der Waals surface area (Å²) in [5, 5.41) is 11.0. The summed E-state index contributed by atoms with van der Waals surface area (Å²) < 4.78 is 0. The fourth-order valence-electron chi connectivity index (χ4n) is 2.19. The van der Waals surface area contributed by atoms with Crippen LogP contribution < -0.4 is 5.32 Å². The second kappa shape index (κ2) is 4.63. The summed E-state index contributed by atoms with van der Waals surface area (Å²) in [4.78, 5) is 47.4. The monoisotopic (exact) mass is 255 g/mol. The molecule has 0 aromatic heterocycles. The Morgan fingerprint density at radius 1 is 1.39 bits per heavy atom. The molecule has 18 heavy (non-hydrogen) atoms. The van der Waals surface area contributed by atoms with Gasteiger partial charge in [-0.05, 0) is 12.8 Å². The molecule has 0 aromatic carbocycles. The minimum absolute atomic E-state index is 0.157. The van der Waals surface area contributed by atoms with E-state index >= 15 is 0 Å². The molecular formula is C10H13N3O5. The number of likely N-dealkylation sites (tertiary alicyclic amines) is 1. The molecule has 2 fully saturated rings. The van der Waals surface area contributed by atoms with E-state index in [4.69, 9.17) is 5.11 Å². The molecule has 0 aliphatic carbocycles. The number of carboxylic acid groups (broad SMARTS) is 1. The Morgan fingerprint density at radius 3 is 2.67 bits per heavy atom. The zero-order valence-electron chi connectivity index (χ0n) is 9.59. The van der Waals surface area contributed by atoms with E-state index < -0.39 is 29.9 Å². The van der Waals surface area contributed by atoms with Crippen molar-refractivity contribution < 1.29 is 24.3 Å². The lowest BCUT2D eigenvalue weighted by atomic mass is 10.2. The van der Waals surface area contributed by atoms with Gasteiger partial charge in [0.25, 0.3) is 0 Å². The van der Waals surface area contributed by atoms with Crippen LogP contribution in [0.3, 0.4) is 0 Å². The van der Waals surface area contributed by atoms with E-state index in [1.54, 1.807) is 0 Å². The molecule has 0 saturated carbocycles. The highest BCUT2D eigenvalue weighted by molar-refractivity contribution is 6.03. The van der Waals surface area contributed by atoms with Crippen LogP contribution in [-0.4, -0.2) is 64.4 Å². The van der Waals surface area contributed by atoms with Crippen molar-refractivity contribution >= 4 is 23.8 Å². The molecule has 2 saturated heterocycles. The number of nitrogens with zero attached hydrogens (tertiary/aromatic N) is 2. The summed E-state index contributed by atoms with van der Waals surface area (Å²) in [6.07, 6.45) is 1.06. The number of imide groups is 1. The molecule has 4 amide bonds. The van der Waals surface area contributed by atoms with Crippen LogP contribution >= 0.6 is 0 Å². The van der Waals surface area contributed by atoms with Crippen molar-refractivity contribution in [1.82, 2.24) is 15.1 Å². The van der Waals surface area contributed by atoms with Crippen molar-refractivity contribution in [2.75, 3.05) is 19.6 Å². The second-order valence-electron chi connectivity index (χ2n) is 4.29. The van der Waals surface area contributed by atoms with E-state index in [1.165, 1.54) is 4.90 Å². The predicted octanol–water partition coefficient (Wildman–Crippen LogP) is -1.39. The average molecular weight is 255 g/mol. The zero-order valence-corrected chi connectivity index (χ0v) is 9.59. The van der Waals surface area contributed by atoms with Crippen molar-refractivity contribution in [3.8, 4) is 0 Å². The van der Waals surface area contributed by atoms with Crippen LogP contribution in [0.15, 0.2) is 0 Å². The number of carboxylic acids is 1. The maximum Gasteiger partial charge on any atom is 0.326 e. The molecule has 0 radical (unpaired) electrons. The maximum absolute atomic E-state index is 11.9. The van der Waals surface area contributed by atoms with Crippen molar-refractivity contribution in [3.63, 3.8) is 0 Å². The first-order chi connectivity index (χ1) is 8.49. The third-order valence-corrected chi connectivity index (χ3v) is 3.05. The number of carbonyl (C=O) groups excluding carboxylic acids is 3. The zero-order chi connectivity index (χ0) is 13.3. The summed E-state index contributed by atoms with van der Waals surface area (Å²) >= 11 is 0. The van der Waals surface area contributed by atoms with Gasteiger partial charge in [-0.25, -0.2) is 9.59 Å². The highest BCUT2D eigenvalue weighted by atomic mass is 16.4. The highest BCUT2D eigenvalue weighted by Gasteiger charge is 2.36. The largest absolute Gasteiger partial charge is 0.480 e. The second-order valence-corrected chi connectivity index (χ2v) is 4.29. The van der Waals surface area contributed by atoms with E-state index in [1.807, 2.05) is 0 Å². The first-order valence-electron chi connectivity index (χ1n) is 5.60. The molecule has 1 atom stereocenters. The van der Waals surface area contributed by atoms with Crippen LogP contribution in [0.2, 0.25) is 0 Å². The summed E-state index contributed by atoms with van der Waals surface area (Å²) in [5.74, 6) is -1.93. The van der Waals surface area contributed by atoms with Gasteiger partial charge in [0.05, 0.1) is 0 Å². The Kier molecular flexibility index (Phi) is 3.17. The highest BCUT2D eigenvalue weighted by Crippen LogP contribution is 2.18. The molecule has 2 aliphatic rings. The van der Waals surface area contributed by atoms with Gasteiger partial charge in [-0.3, -0.25) is 14.9 Å². The lowest BCUT2D eigenvalue weighted by Gasteiger charge is -2.23. The molecule has 8 nitrogen and oxygen atoms in total. The van der Waals surface area contributed by atoms with Gasteiger partial charge in [-0.2, -0.15) is 0 Å². The van der Waals surface area contributed by atoms with Gasteiger partial charge in [0.2, 0.25) is 11.8 Å². The van der Waals surface area contributed by atoms with Gasteiger partial charge >= 0.3 is 12.0 Å². The summed E-state index contributed by atoms with van der Waals surface area (Å²) in [5.41, 5.74) is 0. The van der Waals surface area contributed by atoms with E-state index in [9.17, 15) is 19.2 Å². The van der Waals surface area contributed by atoms with Gasteiger partial charge in [0.1, 0.15) is 19.1 Å². The minimum atomic E-state index is -1.04. The van der Waals surface area contributed by atoms with Crippen LogP contribution in [0.5, 0.6) is 0 Å². The van der Waals surface area contributed by atoms with Gasteiger partial charge in [0.15, 0.2) is 0 Å². The number of rotatable bonds is 3. The van der Waals surface area contributed by atoms with Crippen LogP contribution in [0.4, 0.5) is 4.79 Å². The number of hydrogen-bond acceptors (Lipinski definition) is 4. The van der Waals surface area contributed by atoms with Crippen LogP contribution in [0.1, 0.15) is 12.8 Å². The van der Waals surface area contributed by atoms with Gasteiger partial charge in [-0.1, -0.05) is 0 Å². The van der Waals surface area contributed by atoms with E-state index in [-0.39, 0.29) is 13.1 Å². The molecule has 0 unspecified atom stereocenters. The molecule has 0 spiro atoms. The lowest BCUT2D eigenvalue weighted by molar-refractivity contribution is -0.148. The number of hydrogen-bond donors (Lipinski definition) is 2. The first kappa shape index (κ1) is 12.3. The number of nitrogens with one attached hydrogen (secondary N) is 1. The average Bonchev–Trinajstić information content (AvgIpc) is 2.86. The normalized spacial score (nSPS) is 23.4. The molecule has 0 bridgehead atoms. The number of amides is 4. The van der Waals surface area contributed by atoms with Crippen LogP contribution in [-0.2, 0) is 14.4 Å². The molecule has 98 valence electrons. The minimum Gasteiger partial charge on any atom is -0.480 e. The number of carbonyl (C=O) groups is 4. The van der Waals surface area contributed by atoms with Gasteiger partial charge in [0, 0.05) is 6.54 Å². The topological polar surface area (TPSA) is 107 Å². The van der Waals surface area contributed by atoms with Crippen molar-refractivity contribution in [1.29, 1.82) is 0 Å². The van der Waals surface area contributed by atoms with Gasteiger partial charge in [-0.15, -0.1) is 0 Å². The Labute approximate surface area is 103 Å².